The Hall–Kier alpha value is -4.18. The number of nitriles is 1. The van der Waals surface area contributed by atoms with Crippen LogP contribution in [0.25, 0.3) is 0 Å². The first-order valence-corrected chi connectivity index (χ1v) is 12.7. The van der Waals surface area contributed by atoms with Crippen LogP contribution in [0, 0.1) is 17.2 Å². The predicted molar refractivity (Wildman–Crippen MR) is 147 cm³/mol. The van der Waals surface area contributed by atoms with Crippen LogP contribution in [0.15, 0.2) is 60.7 Å². The number of benzene rings is 3. The fourth-order valence-electron chi connectivity index (χ4n) is 4.31. The fourth-order valence-corrected chi connectivity index (χ4v) is 4.31. The number of aryl methyl sites for hydroxylation is 1. The number of carbonyl (C=O) groups is 1. The molecular formula is C31H36N2O5. The smallest absolute Gasteiger partial charge is 0.252 e. The third-order valence-corrected chi connectivity index (χ3v) is 6.18. The van der Waals surface area contributed by atoms with Gasteiger partial charge in [-0.3, -0.25) is 4.79 Å². The van der Waals surface area contributed by atoms with Crippen molar-refractivity contribution in [3.63, 3.8) is 0 Å². The average Bonchev–Trinajstić information content (AvgIpc) is 2.94. The number of carbonyl (C=O) groups excluding carboxylic acids is 1. The molecule has 200 valence electrons. The molecule has 3 rings (SSSR count). The molecule has 0 aliphatic carbocycles. The third-order valence-electron chi connectivity index (χ3n) is 6.18. The largest absolute Gasteiger partial charge is 0.493 e. The number of rotatable bonds is 13. The standard InChI is InChI=1S/C31H36N2O5/c1-21(2)16-27(24-18-28(35-3)30(37-5)29(19-24)36-4)33-31(34)26-17-22(13-14-23(26)10-9-15-32)20-38-25-11-7-6-8-12-25/h6-8,11-14,17-19,21,27H,9-10,16,20H2,1-5H3,(H,33,34). The van der Waals surface area contributed by atoms with Crippen molar-refractivity contribution in [3.05, 3.63) is 82.9 Å². The molecule has 1 atom stereocenters. The first-order valence-electron chi connectivity index (χ1n) is 12.7. The van der Waals surface area contributed by atoms with E-state index in [2.05, 4.69) is 25.2 Å². The summed E-state index contributed by atoms with van der Waals surface area (Å²) in [5.74, 6) is 2.41. The normalized spacial score (nSPS) is 11.4. The quantitative estimate of drug-likeness (QED) is 0.288. The van der Waals surface area contributed by atoms with Crippen molar-refractivity contribution in [3.8, 4) is 29.1 Å². The van der Waals surface area contributed by atoms with Crippen LogP contribution in [-0.2, 0) is 13.0 Å². The summed E-state index contributed by atoms with van der Waals surface area (Å²) >= 11 is 0. The van der Waals surface area contributed by atoms with Crippen LogP contribution in [0.1, 0.15) is 59.8 Å². The molecule has 7 nitrogen and oxygen atoms in total. The van der Waals surface area contributed by atoms with E-state index in [4.69, 9.17) is 24.2 Å². The number of amides is 1. The maximum Gasteiger partial charge on any atom is 0.252 e. The predicted octanol–water partition coefficient (Wildman–Crippen LogP) is 6.26. The number of nitrogens with one attached hydrogen (secondary N) is 1. The van der Waals surface area contributed by atoms with Crippen molar-refractivity contribution in [2.75, 3.05) is 21.3 Å². The molecule has 3 aromatic carbocycles. The maximum atomic E-state index is 13.7. The van der Waals surface area contributed by atoms with E-state index < -0.39 is 0 Å². The Labute approximate surface area is 225 Å². The van der Waals surface area contributed by atoms with Gasteiger partial charge >= 0.3 is 0 Å². The lowest BCUT2D eigenvalue weighted by Gasteiger charge is -2.24. The molecule has 0 radical (unpaired) electrons. The zero-order valence-corrected chi connectivity index (χ0v) is 22.7. The van der Waals surface area contributed by atoms with E-state index in [1.54, 1.807) is 21.3 Å². The van der Waals surface area contributed by atoms with E-state index >= 15 is 0 Å². The lowest BCUT2D eigenvalue weighted by Crippen LogP contribution is -2.30. The molecule has 0 spiro atoms. The molecule has 1 N–H and O–H groups in total. The van der Waals surface area contributed by atoms with Gasteiger partial charge in [0.25, 0.3) is 5.91 Å². The highest BCUT2D eigenvalue weighted by atomic mass is 16.5. The van der Waals surface area contributed by atoms with Crippen molar-refractivity contribution in [1.82, 2.24) is 5.32 Å². The molecule has 1 unspecified atom stereocenters. The summed E-state index contributed by atoms with van der Waals surface area (Å²) in [6.45, 7) is 4.54. The molecule has 0 aliphatic rings. The van der Waals surface area contributed by atoms with Gasteiger partial charge in [-0.05, 0) is 65.8 Å². The van der Waals surface area contributed by atoms with Gasteiger partial charge in [-0.2, -0.15) is 5.26 Å². The molecular weight excluding hydrogens is 480 g/mol. The van der Waals surface area contributed by atoms with E-state index in [0.29, 0.717) is 54.6 Å². The minimum atomic E-state index is -0.302. The van der Waals surface area contributed by atoms with Gasteiger partial charge in [0, 0.05) is 12.0 Å². The number of ether oxygens (including phenoxy) is 4. The zero-order chi connectivity index (χ0) is 27.5. The van der Waals surface area contributed by atoms with Gasteiger partial charge in [0.1, 0.15) is 12.4 Å². The molecule has 1 amide bonds. The zero-order valence-electron chi connectivity index (χ0n) is 22.7. The number of hydrogen-bond donors (Lipinski definition) is 1. The van der Waals surface area contributed by atoms with E-state index in [1.807, 2.05) is 60.7 Å². The van der Waals surface area contributed by atoms with Crippen molar-refractivity contribution in [1.29, 1.82) is 5.26 Å². The number of hydrogen-bond acceptors (Lipinski definition) is 6. The Bertz CT molecular complexity index is 1230. The Kier molecular flexibility index (Phi) is 10.4. The van der Waals surface area contributed by atoms with Crippen LogP contribution >= 0.6 is 0 Å². The minimum Gasteiger partial charge on any atom is -0.493 e. The maximum absolute atomic E-state index is 13.7. The summed E-state index contributed by atoms with van der Waals surface area (Å²) in [4.78, 5) is 13.7. The third kappa shape index (κ3) is 7.42. The van der Waals surface area contributed by atoms with Gasteiger partial charge in [0.05, 0.1) is 33.4 Å². The highest BCUT2D eigenvalue weighted by Crippen LogP contribution is 2.40. The van der Waals surface area contributed by atoms with Crippen LogP contribution < -0.4 is 24.3 Å². The number of methoxy groups -OCH3 is 3. The molecule has 0 heterocycles. The SMILES string of the molecule is COc1cc(C(CC(C)C)NC(=O)c2cc(COc3ccccc3)ccc2CCC#N)cc(OC)c1OC. The summed E-state index contributed by atoms with van der Waals surface area (Å²) < 4.78 is 22.5. The van der Waals surface area contributed by atoms with Gasteiger partial charge in [-0.25, -0.2) is 0 Å². The van der Waals surface area contributed by atoms with Gasteiger partial charge in [0.2, 0.25) is 5.75 Å². The molecule has 0 aliphatic heterocycles. The lowest BCUT2D eigenvalue weighted by molar-refractivity contribution is 0.0930. The molecule has 0 aromatic heterocycles. The van der Waals surface area contributed by atoms with Crippen molar-refractivity contribution in [2.24, 2.45) is 5.92 Å². The van der Waals surface area contributed by atoms with E-state index in [9.17, 15) is 4.79 Å². The first kappa shape index (κ1) is 28.4. The van der Waals surface area contributed by atoms with E-state index in [1.165, 1.54) is 0 Å². The Balaban J connectivity index is 1.93. The highest BCUT2D eigenvalue weighted by molar-refractivity contribution is 5.96. The van der Waals surface area contributed by atoms with Gasteiger partial charge in [-0.15, -0.1) is 0 Å². The van der Waals surface area contributed by atoms with Gasteiger partial charge in [-0.1, -0.05) is 44.2 Å². The van der Waals surface area contributed by atoms with Crippen LogP contribution in [0.5, 0.6) is 23.0 Å². The molecule has 0 saturated carbocycles. The topological polar surface area (TPSA) is 89.8 Å². The second kappa shape index (κ2) is 13.9. The lowest BCUT2D eigenvalue weighted by atomic mass is 9.94. The summed E-state index contributed by atoms with van der Waals surface area (Å²) in [5.41, 5.74) is 3.08. The molecule has 0 saturated heterocycles. The first-order chi connectivity index (χ1) is 18.4. The van der Waals surface area contributed by atoms with Crippen molar-refractivity contribution < 1.29 is 23.7 Å². The van der Waals surface area contributed by atoms with E-state index in [0.717, 1.165) is 22.4 Å². The monoisotopic (exact) mass is 516 g/mol. The second-order valence-electron chi connectivity index (χ2n) is 9.37. The Morgan fingerprint density at radius 1 is 0.947 bits per heavy atom. The van der Waals surface area contributed by atoms with Crippen molar-refractivity contribution in [2.45, 2.75) is 45.8 Å². The molecule has 7 heteroatoms. The van der Waals surface area contributed by atoms with Crippen LogP contribution in [-0.4, -0.2) is 27.2 Å². The Morgan fingerprint density at radius 2 is 1.63 bits per heavy atom. The Morgan fingerprint density at radius 3 is 2.21 bits per heavy atom. The van der Waals surface area contributed by atoms with Crippen molar-refractivity contribution >= 4 is 5.91 Å². The fraction of sp³-hybridized carbons (Fsp3) is 0.355. The minimum absolute atomic E-state index is 0.209. The highest BCUT2D eigenvalue weighted by Gasteiger charge is 2.23. The molecule has 3 aromatic rings. The molecule has 0 fully saturated rings. The van der Waals surface area contributed by atoms with Crippen LogP contribution in [0.4, 0.5) is 0 Å². The summed E-state index contributed by atoms with van der Waals surface area (Å²) in [6, 6.07) is 20.9. The summed E-state index contributed by atoms with van der Waals surface area (Å²) in [7, 11) is 4.70. The number of nitrogens with zero attached hydrogens (tertiary/aromatic N) is 1. The summed E-state index contributed by atoms with van der Waals surface area (Å²) in [5, 5.41) is 12.4. The van der Waals surface area contributed by atoms with Crippen LogP contribution in [0.2, 0.25) is 0 Å². The van der Waals surface area contributed by atoms with Gasteiger partial charge < -0.3 is 24.3 Å². The average molecular weight is 517 g/mol. The van der Waals surface area contributed by atoms with Gasteiger partial charge in [0.15, 0.2) is 11.5 Å². The molecule has 38 heavy (non-hydrogen) atoms. The van der Waals surface area contributed by atoms with E-state index in [-0.39, 0.29) is 11.9 Å². The summed E-state index contributed by atoms with van der Waals surface area (Å²) in [6.07, 6.45) is 1.51. The van der Waals surface area contributed by atoms with Crippen LogP contribution in [0.3, 0.4) is 0 Å². The molecule has 0 bridgehead atoms. The second-order valence-corrected chi connectivity index (χ2v) is 9.37. The number of para-hydroxylation sites is 1.